The highest BCUT2D eigenvalue weighted by atomic mass is 35.7. The van der Waals surface area contributed by atoms with Crippen LogP contribution in [0.5, 0.6) is 5.75 Å². The standard InChI is InChI=1S/C12H16ClNO5S2/c1-8(7-20(3)16)14-12(15)9-4-5-10(19-2)11(6-9)21(13,17)18/h4-6,8H,7H2,1-3H3,(H,14,15). The summed E-state index contributed by atoms with van der Waals surface area (Å²) in [5.74, 6) is -0.107. The van der Waals surface area contributed by atoms with Crippen LogP contribution in [0.1, 0.15) is 17.3 Å². The molecule has 0 saturated carbocycles. The normalized spacial score (nSPS) is 14.3. The molecular weight excluding hydrogens is 338 g/mol. The summed E-state index contributed by atoms with van der Waals surface area (Å²) in [5, 5.41) is 2.63. The lowest BCUT2D eigenvalue weighted by Gasteiger charge is -2.13. The fourth-order valence-electron chi connectivity index (χ4n) is 1.71. The number of hydrogen-bond donors (Lipinski definition) is 1. The summed E-state index contributed by atoms with van der Waals surface area (Å²) < 4.78 is 38.9. The van der Waals surface area contributed by atoms with Gasteiger partial charge in [-0.1, -0.05) is 0 Å². The van der Waals surface area contributed by atoms with Crippen molar-refractivity contribution in [2.75, 3.05) is 19.1 Å². The molecule has 0 saturated heterocycles. The third-order valence-electron chi connectivity index (χ3n) is 2.55. The van der Waals surface area contributed by atoms with Gasteiger partial charge < -0.3 is 10.1 Å². The summed E-state index contributed by atoms with van der Waals surface area (Å²) in [7, 11) is 1.54. The van der Waals surface area contributed by atoms with E-state index < -0.39 is 25.8 Å². The third kappa shape index (κ3) is 5.29. The van der Waals surface area contributed by atoms with E-state index in [1.54, 1.807) is 6.92 Å². The number of nitrogens with one attached hydrogen (secondary N) is 1. The first-order valence-corrected chi connectivity index (χ1v) is 9.92. The fraction of sp³-hybridized carbons (Fsp3) is 0.417. The predicted octanol–water partition coefficient (Wildman–Crippen LogP) is 1.12. The van der Waals surface area contributed by atoms with Gasteiger partial charge in [-0.2, -0.15) is 0 Å². The van der Waals surface area contributed by atoms with Gasteiger partial charge in [-0.3, -0.25) is 9.00 Å². The molecule has 9 heteroatoms. The first kappa shape index (κ1) is 17.9. The van der Waals surface area contributed by atoms with Crippen molar-refractivity contribution >= 4 is 36.4 Å². The van der Waals surface area contributed by atoms with Crippen molar-refractivity contribution in [3.63, 3.8) is 0 Å². The van der Waals surface area contributed by atoms with E-state index in [4.69, 9.17) is 15.4 Å². The molecule has 21 heavy (non-hydrogen) atoms. The molecule has 1 amide bonds. The Hall–Kier alpha value is -1.12. The molecule has 1 aromatic rings. The van der Waals surface area contributed by atoms with Gasteiger partial charge in [0.2, 0.25) is 0 Å². The first-order chi connectivity index (χ1) is 9.65. The van der Waals surface area contributed by atoms with E-state index in [-0.39, 0.29) is 22.3 Å². The molecule has 2 atom stereocenters. The predicted molar refractivity (Wildman–Crippen MR) is 81.9 cm³/mol. The van der Waals surface area contributed by atoms with E-state index in [2.05, 4.69) is 5.32 Å². The second-order valence-electron chi connectivity index (χ2n) is 4.42. The second kappa shape index (κ2) is 7.24. The van der Waals surface area contributed by atoms with Gasteiger partial charge in [0.05, 0.1) is 7.11 Å². The van der Waals surface area contributed by atoms with Gasteiger partial charge in [-0.05, 0) is 25.1 Å². The summed E-state index contributed by atoms with van der Waals surface area (Å²) in [4.78, 5) is 11.8. The molecule has 118 valence electrons. The lowest BCUT2D eigenvalue weighted by atomic mass is 10.2. The molecule has 0 bridgehead atoms. The molecule has 0 aliphatic heterocycles. The van der Waals surface area contributed by atoms with Crippen LogP contribution in [-0.2, 0) is 19.9 Å². The van der Waals surface area contributed by atoms with Crippen LogP contribution in [-0.4, -0.2) is 43.7 Å². The Kier molecular flexibility index (Phi) is 6.18. The maximum Gasteiger partial charge on any atom is 0.265 e. The van der Waals surface area contributed by atoms with Gasteiger partial charge in [-0.15, -0.1) is 0 Å². The van der Waals surface area contributed by atoms with Crippen LogP contribution in [0.25, 0.3) is 0 Å². The zero-order valence-electron chi connectivity index (χ0n) is 11.8. The van der Waals surface area contributed by atoms with Crippen molar-refractivity contribution in [3.05, 3.63) is 23.8 Å². The van der Waals surface area contributed by atoms with Crippen LogP contribution in [0.2, 0.25) is 0 Å². The molecule has 0 aromatic heterocycles. The molecule has 1 N–H and O–H groups in total. The van der Waals surface area contributed by atoms with Crippen molar-refractivity contribution in [1.29, 1.82) is 0 Å². The van der Waals surface area contributed by atoms with Gasteiger partial charge in [0, 0.05) is 45.1 Å². The van der Waals surface area contributed by atoms with E-state index in [9.17, 15) is 17.4 Å². The zero-order valence-corrected chi connectivity index (χ0v) is 14.1. The minimum atomic E-state index is -4.03. The second-order valence-corrected chi connectivity index (χ2v) is 8.43. The van der Waals surface area contributed by atoms with Gasteiger partial charge in [0.25, 0.3) is 15.0 Å². The number of carbonyl (C=O) groups excluding carboxylic acids is 1. The highest BCUT2D eigenvalue weighted by molar-refractivity contribution is 8.13. The summed E-state index contributed by atoms with van der Waals surface area (Å²) in [6, 6.07) is 3.62. The number of ether oxygens (including phenoxy) is 1. The topological polar surface area (TPSA) is 89.5 Å². The van der Waals surface area contributed by atoms with Gasteiger partial charge in [0.15, 0.2) is 0 Å². The SMILES string of the molecule is COc1ccc(C(=O)NC(C)CS(C)=O)cc1S(=O)(=O)Cl. The van der Waals surface area contributed by atoms with E-state index in [0.717, 1.165) is 6.07 Å². The molecule has 0 fully saturated rings. The van der Waals surface area contributed by atoms with Crippen LogP contribution < -0.4 is 10.1 Å². The van der Waals surface area contributed by atoms with Crippen LogP contribution in [0.3, 0.4) is 0 Å². The molecule has 0 spiro atoms. The summed E-state index contributed by atoms with van der Waals surface area (Å²) >= 11 is 0. The third-order valence-corrected chi connectivity index (χ3v) is 4.86. The Morgan fingerprint density at radius 3 is 2.57 bits per heavy atom. The highest BCUT2D eigenvalue weighted by Crippen LogP contribution is 2.27. The van der Waals surface area contributed by atoms with Crippen molar-refractivity contribution < 1.29 is 22.2 Å². The minimum Gasteiger partial charge on any atom is -0.495 e. The number of benzene rings is 1. The number of methoxy groups -OCH3 is 1. The molecule has 1 rings (SSSR count). The van der Waals surface area contributed by atoms with Crippen molar-refractivity contribution in [2.45, 2.75) is 17.9 Å². The number of rotatable bonds is 6. The molecule has 0 aliphatic rings. The Labute approximate surface area is 130 Å². The van der Waals surface area contributed by atoms with E-state index in [0.29, 0.717) is 5.75 Å². The molecule has 1 aromatic carbocycles. The van der Waals surface area contributed by atoms with E-state index in [1.165, 1.54) is 25.5 Å². The minimum absolute atomic E-state index is 0.0595. The Balaban J connectivity index is 3.04. The Bertz CT molecular complexity index is 660. The van der Waals surface area contributed by atoms with Crippen LogP contribution in [0.4, 0.5) is 0 Å². The lowest BCUT2D eigenvalue weighted by molar-refractivity contribution is 0.0943. The molecule has 2 unspecified atom stereocenters. The van der Waals surface area contributed by atoms with E-state index in [1.807, 2.05) is 0 Å². The highest BCUT2D eigenvalue weighted by Gasteiger charge is 2.20. The number of carbonyl (C=O) groups is 1. The number of amides is 1. The Morgan fingerprint density at radius 1 is 1.48 bits per heavy atom. The van der Waals surface area contributed by atoms with Crippen LogP contribution >= 0.6 is 10.7 Å². The summed E-state index contributed by atoms with van der Waals surface area (Å²) in [6.45, 7) is 1.71. The monoisotopic (exact) mass is 353 g/mol. The van der Waals surface area contributed by atoms with Crippen molar-refractivity contribution in [1.82, 2.24) is 5.32 Å². The molecule has 6 nitrogen and oxygen atoms in total. The lowest BCUT2D eigenvalue weighted by Crippen LogP contribution is -2.36. The van der Waals surface area contributed by atoms with E-state index >= 15 is 0 Å². The number of halogens is 1. The quantitative estimate of drug-likeness (QED) is 0.774. The Morgan fingerprint density at radius 2 is 2.10 bits per heavy atom. The van der Waals surface area contributed by atoms with Crippen LogP contribution in [0, 0.1) is 0 Å². The molecule has 0 radical (unpaired) electrons. The van der Waals surface area contributed by atoms with Gasteiger partial charge in [-0.25, -0.2) is 8.42 Å². The average molecular weight is 354 g/mol. The van der Waals surface area contributed by atoms with Crippen molar-refractivity contribution in [2.24, 2.45) is 0 Å². The first-order valence-electron chi connectivity index (χ1n) is 5.88. The zero-order chi connectivity index (χ0) is 16.2. The fourth-order valence-corrected chi connectivity index (χ4v) is 3.52. The van der Waals surface area contributed by atoms with Crippen molar-refractivity contribution in [3.8, 4) is 5.75 Å². The van der Waals surface area contributed by atoms with Crippen LogP contribution in [0.15, 0.2) is 23.1 Å². The average Bonchev–Trinajstić information content (AvgIpc) is 2.35. The molecule has 0 heterocycles. The van der Waals surface area contributed by atoms with Gasteiger partial charge >= 0.3 is 0 Å². The summed E-state index contributed by atoms with van der Waals surface area (Å²) in [5.41, 5.74) is 0.128. The summed E-state index contributed by atoms with van der Waals surface area (Å²) in [6.07, 6.45) is 1.54. The number of hydrogen-bond acceptors (Lipinski definition) is 5. The maximum atomic E-state index is 12.0. The smallest absolute Gasteiger partial charge is 0.265 e. The largest absolute Gasteiger partial charge is 0.495 e. The molecule has 0 aliphatic carbocycles. The molecular formula is C12H16ClNO5S2. The maximum absolute atomic E-state index is 12.0. The van der Waals surface area contributed by atoms with Gasteiger partial charge in [0.1, 0.15) is 10.6 Å².